The van der Waals surface area contributed by atoms with Crippen molar-refractivity contribution < 1.29 is 15.3 Å². The van der Waals surface area contributed by atoms with Crippen LogP contribution in [0.25, 0.3) is 0 Å². The Morgan fingerprint density at radius 3 is 2.19 bits per heavy atom. The SMILES string of the molecule is C=C(CC1(Br)C(O)C2CCN1CC2)[C@@H]1CC[C@]2(CO)CC[C@]3(C)[C@H](CCC4[C@@]5(C)CCC(O)C(C)(C)[C@@H]5CC[C@]43C)[C@@H]12. The quantitative estimate of drug-likeness (QED) is 0.168. The van der Waals surface area contributed by atoms with Crippen LogP contribution in [0.15, 0.2) is 12.2 Å². The normalized spacial score (nSPS) is 58.0. The van der Waals surface area contributed by atoms with Crippen LogP contribution < -0.4 is 0 Å². The second kappa shape index (κ2) is 9.79. The maximum atomic E-state index is 11.4. The van der Waals surface area contributed by atoms with Gasteiger partial charge in [-0.3, -0.25) is 4.90 Å². The lowest BCUT2D eigenvalue weighted by Crippen LogP contribution is -2.67. The van der Waals surface area contributed by atoms with Crippen LogP contribution in [0.1, 0.15) is 118 Å². The summed E-state index contributed by atoms with van der Waals surface area (Å²) < 4.78 is -0.372. The molecule has 0 amide bonds. The molecule has 2 bridgehead atoms. The summed E-state index contributed by atoms with van der Waals surface area (Å²) in [4.78, 5) is 2.50. The number of rotatable bonds is 4. The molecular formula is C37H60BrNO3. The van der Waals surface area contributed by atoms with Gasteiger partial charge in [0.2, 0.25) is 0 Å². The van der Waals surface area contributed by atoms with Gasteiger partial charge in [-0.25, -0.2) is 0 Å². The minimum absolute atomic E-state index is 0.0101. The lowest BCUT2D eigenvalue weighted by molar-refractivity contribution is -0.249. The van der Waals surface area contributed by atoms with E-state index >= 15 is 0 Å². The van der Waals surface area contributed by atoms with Crippen LogP contribution in [0.3, 0.4) is 0 Å². The molecule has 5 aliphatic carbocycles. The largest absolute Gasteiger partial charge is 0.396 e. The minimum atomic E-state index is -0.372. The Kier molecular flexibility index (Phi) is 7.15. The Balaban J connectivity index is 1.20. The molecule has 4 nitrogen and oxygen atoms in total. The Bertz CT molecular complexity index is 1100. The number of alkyl halides is 1. The van der Waals surface area contributed by atoms with E-state index in [1.54, 1.807) is 0 Å². The fourth-order valence-corrected chi connectivity index (χ4v) is 15.3. The van der Waals surface area contributed by atoms with Gasteiger partial charge < -0.3 is 15.3 Å². The first kappa shape index (κ1) is 30.7. The van der Waals surface area contributed by atoms with E-state index in [4.69, 9.17) is 6.58 Å². The highest BCUT2D eigenvalue weighted by molar-refractivity contribution is 9.10. The maximum absolute atomic E-state index is 11.4. The van der Waals surface area contributed by atoms with Crippen molar-refractivity contribution in [3.8, 4) is 0 Å². The monoisotopic (exact) mass is 645 g/mol. The smallest absolute Gasteiger partial charge is 0.107 e. The van der Waals surface area contributed by atoms with Gasteiger partial charge in [0.25, 0.3) is 0 Å². The topological polar surface area (TPSA) is 63.9 Å². The molecule has 0 aromatic rings. The predicted molar refractivity (Wildman–Crippen MR) is 173 cm³/mol. The molecule has 0 aromatic heterocycles. The molecule has 42 heavy (non-hydrogen) atoms. The summed E-state index contributed by atoms with van der Waals surface area (Å²) in [7, 11) is 0. The summed E-state index contributed by atoms with van der Waals surface area (Å²) in [6.07, 6.45) is 14.4. The fourth-order valence-electron chi connectivity index (χ4n) is 14.3. The fraction of sp³-hybridized carbons (Fsp3) is 0.946. The molecule has 5 heteroatoms. The van der Waals surface area contributed by atoms with Gasteiger partial charge in [-0.15, -0.1) is 0 Å². The van der Waals surface area contributed by atoms with Gasteiger partial charge in [-0.05, 0) is 159 Å². The standard InChI is InChI=1S/C37H60BrNO3/c1-23(21-37(38)31(42)24-12-19-39(37)20-13-24)25-9-16-36(22-40)18-17-34(5)26(30(25)36)7-8-28-33(4)14-11-29(41)32(2,3)27(33)10-15-35(28,34)6/h24-31,40-42H,1,7-22H2,2-6H3/t25-,26+,27-,28?,29?,30+,31?,33-,34+,35+,36+,37?/m0/s1. The first-order chi connectivity index (χ1) is 19.7. The van der Waals surface area contributed by atoms with Crippen LogP contribution in [-0.4, -0.2) is 56.6 Å². The predicted octanol–water partition coefficient (Wildman–Crippen LogP) is 7.55. The zero-order valence-corrected chi connectivity index (χ0v) is 28.9. The summed E-state index contributed by atoms with van der Waals surface area (Å²) in [6.45, 7) is 20.0. The van der Waals surface area contributed by atoms with Crippen LogP contribution in [0.2, 0.25) is 0 Å². The summed E-state index contributed by atoms with van der Waals surface area (Å²) in [6, 6.07) is 0. The number of nitrogens with zero attached hydrogens (tertiary/aromatic N) is 1. The van der Waals surface area contributed by atoms with Gasteiger partial charge in [-0.2, -0.15) is 0 Å². The lowest BCUT2D eigenvalue weighted by Gasteiger charge is -2.73. The number of fused-ring (bicyclic) bond motifs is 10. The van der Waals surface area contributed by atoms with Crippen molar-refractivity contribution >= 4 is 15.9 Å². The Morgan fingerprint density at radius 2 is 1.52 bits per heavy atom. The molecule has 0 radical (unpaired) electrons. The van der Waals surface area contributed by atoms with Gasteiger partial charge in [0.1, 0.15) is 4.45 Å². The molecule has 12 atom stereocenters. The molecule has 238 valence electrons. The number of aliphatic hydroxyl groups excluding tert-OH is 3. The zero-order chi connectivity index (χ0) is 30.1. The second-order valence-electron chi connectivity index (χ2n) is 18.2. The average Bonchev–Trinajstić information content (AvgIpc) is 3.35. The van der Waals surface area contributed by atoms with Gasteiger partial charge in [0.15, 0.2) is 0 Å². The van der Waals surface area contributed by atoms with E-state index in [-0.39, 0.29) is 38.3 Å². The zero-order valence-electron chi connectivity index (χ0n) is 27.3. The highest BCUT2D eigenvalue weighted by Gasteiger charge is 2.71. The number of aliphatic hydroxyl groups is 3. The van der Waals surface area contributed by atoms with Crippen LogP contribution in [0, 0.1) is 62.6 Å². The molecule has 5 saturated carbocycles. The molecule has 3 aliphatic heterocycles. The van der Waals surface area contributed by atoms with Crippen molar-refractivity contribution in [2.75, 3.05) is 19.7 Å². The van der Waals surface area contributed by atoms with Crippen molar-refractivity contribution in [1.29, 1.82) is 0 Å². The van der Waals surface area contributed by atoms with Crippen LogP contribution in [0.4, 0.5) is 0 Å². The molecule has 3 heterocycles. The molecule has 0 aromatic carbocycles. The summed E-state index contributed by atoms with van der Waals surface area (Å²) in [5.41, 5.74) is 2.19. The number of piperidine rings is 3. The molecule has 4 unspecified atom stereocenters. The molecule has 8 aliphatic rings. The van der Waals surface area contributed by atoms with Crippen LogP contribution in [-0.2, 0) is 0 Å². The third-order valence-corrected chi connectivity index (χ3v) is 18.1. The Morgan fingerprint density at radius 1 is 0.810 bits per heavy atom. The minimum Gasteiger partial charge on any atom is -0.396 e. The van der Waals surface area contributed by atoms with Crippen molar-refractivity contribution in [2.24, 2.45) is 62.6 Å². The Labute approximate surface area is 264 Å². The van der Waals surface area contributed by atoms with E-state index in [9.17, 15) is 15.3 Å². The summed E-state index contributed by atoms with van der Waals surface area (Å²) in [5.74, 6) is 3.23. The van der Waals surface area contributed by atoms with Crippen molar-refractivity contribution in [2.45, 2.75) is 135 Å². The van der Waals surface area contributed by atoms with Gasteiger partial charge in [0, 0.05) is 6.61 Å². The van der Waals surface area contributed by atoms with E-state index in [0.29, 0.717) is 47.5 Å². The highest BCUT2D eigenvalue weighted by Crippen LogP contribution is 2.77. The van der Waals surface area contributed by atoms with Gasteiger partial charge >= 0.3 is 0 Å². The number of hydrogen-bond donors (Lipinski definition) is 3. The van der Waals surface area contributed by atoms with E-state index in [2.05, 4.69) is 55.4 Å². The van der Waals surface area contributed by atoms with E-state index < -0.39 is 0 Å². The average molecular weight is 647 g/mol. The van der Waals surface area contributed by atoms with Crippen molar-refractivity contribution in [3.05, 3.63) is 12.2 Å². The molecule has 8 fully saturated rings. The summed E-state index contributed by atoms with van der Waals surface area (Å²) >= 11 is 4.12. The molecule has 8 rings (SSSR count). The molecular weight excluding hydrogens is 586 g/mol. The van der Waals surface area contributed by atoms with E-state index in [1.165, 1.54) is 44.1 Å². The van der Waals surface area contributed by atoms with Crippen molar-refractivity contribution in [1.82, 2.24) is 4.90 Å². The molecule has 3 saturated heterocycles. The van der Waals surface area contributed by atoms with Gasteiger partial charge in [-0.1, -0.05) is 62.7 Å². The first-order valence-corrected chi connectivity index (χ1v) is 18.6. The van der Waals surface area contributed by atoms with Gasteiger partial charge in [0.05, 0.1) is 12.2 Å². The second-order valence-corrected chi connectivity index (χ2v) is 19.5. The van der Waals surface area contributed by atoms with E-state index in [0.717, 1.165) is 58.0 Å². The first-order valence-electron chi connectivity index (χ1n) is 17.8. The van der Waals surface area contributed by atoms with Crippen molar-refractivity contribution in [3.63, 3.8) is 0 Å². The number of hydrogen-bond acceptors (Lipinski definition) is 4. The Hall–Kier alpha value is 0.0600. The third kappa shape index (κ3) is 3.79. The number of halogens is 1. The van der Waals surface area contributed by atoms with Crippen LogP contribution in [0.5, 0.6) is 0 Å². The highest BCUT2D eigenvalue weighted by atomic mass is 79.9. The van der Waals surface area contributed by atoms with E-state index in [1.807, 2.05) is 0 Å². The lowest BCUT2D eigenvalue weighted by atomic mass is 9.32. The third-order valence-electron chi connectivity index (χ3n) is 16.9. The summed E-state index contributed by atoms with van der Waals surface area (Å²) in [5, 5.41) is 33.6. The molecule has 0 spiro atoms. The molecule has 3 N–H and O–H groups in total. The van der Waals surface area contributed by atoms with Crippen LogP contribution >= 0.6 is 15.9 Å². The maximum Gasteiger partial charge on any atom is 0.107 e.